The van der Waals surface area contributed by atoms with Gasteiger partial charge in [0.2, 0.25) is 5.72 Å². The first kappa shape index (κ1) is 14.9. The van der Waals surface area contributed by atoms with E-state index in [0.29, 0.717) is 30.3 Å². The monoisotopic (exact) mass is 305 g/mol. The Balaban J connectivity index is 2.10. The van der Waals surface area contributed by atoms with Crippen molar-refractivity contribution in [1.29, 1.82) is 0 Å². The fraction of sp³-hybridized carbons (Fsp3) is 0.533. The predicted octanol–water partition coefficient (Wildman–Crippen LogP) is 1.45. The van der Waals surface area contributed by atoms with E-state index in [1.54, 1.807) is 11.9 Å². The molecule has 7 heteroatoms. The van der Waals surface area contributed by atoms with Crippen molar-refractivity contribution in [2.24, 2.45) is 5.92 Å². The molecule has 0 bridgehead atoms. The number of piperidine rings is 1. The van der Waals surface area contributed by atoms with Crippen LogP contribution < -0.4 is 4.90 Å². The molecule has 1 aromatic rings. The smallest absolute Gasteiger partial charge is 0.279 e. The number of nitrogens with zero attached hydrogens (tertiary/aromatic N) is 3. The van der Waals surface area contributed by atoms with Gasteiger partial charge in [-0.05, 0) is 24.8 Å². The van der Waals surface area contributed by atoms with Crippen LogP contribution in [0.2, 0.25) is 0 Å². The van der Waals surface area contributed by atoms with Crippen LogP contribution in [0.3, 0.4) is 0 Å². The molecule has 1 aromatic carbocycles. The summed E-state index contributed by atoms with van der Waals surface area (Å²) in [4.78, 5) is 26.3. The lowest BCUT2D eigenvalue weighted by molar-refractivity contribution is -0.385. The van der Waals surface area contributed by atoms with Gasteiger partial charge in [0, 0.05) is 37.8 Å². The number of anilines is 1. The predicted molar refractivity (Wildman–Crippen MR) is 80.4 cm³/mol. The lowest BCUT2D eigenvalue weighted by Gasteiger charge is -2.40. The summed E-state index contributed by atoms with van der Waals surface area (Å²) in [6.07, 6.45) is 1.95. The van der Waals surface area contributed by atoms with E-state index >= 15 is 0 Å². The summed E-state index contributed by atoms with van der Waals surface area (Å²) in [6.45, 7) is 3.27. The maximum Gasteiger partial charge on any atom is 0.279 e. The summed E-state index contributed by atoms with van der Waals surface area (Å²) in [7, 11) is 1.58. The van der Waals surface area contributed by atoms with Crippen LogP contribution in [0, 0.1) is 16.0 Å². The van der Waals surface area contributed by atoms with Crippen LogP contribution in [0.25, 0.3) is 0 Å². The molecule has 2 heterocycles. The summed E-state index contributed by atoms with van der Waals surface area (Å²) in [5.74, 6) is -0.0734. The minimum Gasteiger partial charge on any atom is -0.364 e. The Morgan fingerprint density at radius 3 is 2.82 bits per heavy atom. The molecule has 118 valence electrons. The maximum atomic E-state index is 12.6. The molecule has 0 saturated carbocycles. The lowest BCUT2D eigenvalue weighted by atomic mass is 9.94. The van der Waals surface area contributed by atoms with Crippen molar-refractivity contribution in [3.05, 3.63) is 33.9 Å². The molecule has 2 aliphatic heterocycles. The zero-order valence-electron chi connectivity index (χ0n) is 12.7. The second-order valence-electron chi connectivity index (χ2n) is 6.19. The van der Waals surface area contributed by atoms with E-state index in [-0.39, 0.29) is 5.69 Å². The van der Waals surface area contributed by atoms with Gasteiger partial charge >= 0.3 is 0 Å². The average Bonchev–Trinajstić information content (AvgIpc) is 2.70. The SMILES string of the molecule is C[C@H]1CCCN([C@@]2(O)C(=O)N(C)c3ccc([N+](=O)[O-])cc32)C1. The molecule has 0 radical (unpaired) electrons. The molecule has 2 aliphatic rings. The first-order valence-electron chi connectivity index (χ1n) is 7.40. The van der Waals surface area contributed by atoms with Crippen LogP contribution in [0.15, 0.2) is 18.2 Å². The van der Waals surface area contributed by atoms with Gasteiger partial charge in [0.25, 0.3) is 11.6 Å². The molecule has 1 saturated heterocycles. The number of hydrogen-bond donors (Lipinski definition) is 1. The van der Waals surface area contributed by atoms with Crippen LogP contribution in [-0.4, -0.2) is 41.0 Å². The van der Waals surface area contributed by atoms with E-state index in [1.807, 2.05) is 0 Å². The van der Waals surface area contributed by atoms with Gasteiger partial charge in [0.05, 0.1) is 10.6 Å². The van der Waals surface area contributed by atoms with Crippen LogP contribution in [0.5, 0.6) is 0 Å². The summed E-state index contributed by atoms with van der Waals surface area (Å²) < 4.78 is 0. The van der Waals surface area contributed by atoms with E-state index in [1.165, 1.54) is 23.1 Å². The van der Waals surface area contributed by atoms with Gasteiger partial charge in [-0.25, -0.2) is 0 Å². The van der Waals surface area contributed by atoms with E-state index in [2.05, 4.69) is 6.92 Å². The molecule has 1 amide bonds. The fourth-order valence-electron chi connectivity index (χ4n) is 3.46. The molecule has 0 spiro atoms. The molecule has 1 N–H and O–H groups in total. The Hall–Kier alpha value is -1.99. The first-order valence-corrected chi connectivity index (χ1v) is 7.40. The first-order chi connectivity index (χ1) is 10.4. The summed E-state index contributed by atoms with van der Waals surface area (Å²) in [5, 5.41) is 22.2. The number of nitro groups is 1. The Kier molecular flexibility index (Phi) is 3.41. The number of nitro benzene ring substituents is 1. The number of non-ortho nitro benzene ring substituents is 1. The van der Waals surface area contributed by atoms with Gasteiger partial charge in [-0.2, -0.15) is 0 Å². The van der Waals surface area contributed by atoms with Crippen molar-refractivity contribution in [3.8, 4) is 0 Å². The van der Waals surface area contributed by atoms with Gasteiger partial charge in [-0.15, -0.1) is 0 Å². The number of carbonyl (C=O) groups is 1. The lowest BCUT2D eigenvalue weighted by Crippen LogP contribution is -2.55. The molecule has 0 unspecified atom stereocenters. The standard InChI is InChI=1S/C15H19N3O4/c1-10-4-3-7-17(9-10)15(20)12-8-11(18(21)22)5-6-13(12)16(2)14(15)19/h5-6,8,10,20H,3-4,7,9H2,1-2H3/t10-,15-/m0/s1. The highest BCUT2D eigenvalue weighted by Gasteiger charge is 2.53. The van der Waals surface area contributed by atoms with Crippen molar-refractivity contribution in [2.45, 2.75) is 25.5 Å². The van der Waals surface area contributed by atoms with E-state index in [4.69, 9.17) is 0 Å². The highest BCUT2D eigenvalue weighted by molar-refractivity contribution is 6.06. The van der Waals surface area contributed by atoms with Gasteiger partial charge in [-0.1, -0.05) is 6.92 Å². The normalized spacial score (nSPS) is 28.8. The molecule has 3 rings (SSSR count). The quantitative estimate of drug-likeness (QED) is 0.660. The number of aliphatic hydroxyl groups is 1. The second-order valence-corrected chi connectivity index (χ2v) is 6.19. The highest BCUT2D eigenvalue weighted by Crippen LogP contribution is 2.44. The number of likely N-dealkylation sites (N-methyl/N-ethyl adjacent to an activating group) is 1. The van der Waals surface area contributed by atoms with E-state index in [9.17, 15) is 20.0 Å². The Morgan fingerprint density at radius 2 is 2.18 bits per heavy atom. The number of amides is 1. The zero-order chi connectivity index (χ0) is 16.1. The van der Waals surface area contributed by atoms with Gasteiger partial charge in [-0.3, -0.25) is 19.8 Å². The molecule has 22 heavy (non-hydrogen) atoms. The Morgan fingerprint density at radius 1 is 1.45 bits per heavy atom. The fourth-order valence-corrected chi connectivity index (χ4v) is 3.46. The van der Waals surface area contributed by atoms with Crippen LogP contribution >= 0.6 is 0 Å². The second kappa shape index (κ2) is 5.03. The summed E-state index contributed by atoms with van der Waals surface area (Å²) in [6, 6.07) is 4.19. The van der Waals surface area contributed by atoms with Crippen molar-refractivity contribution >= 4 is 17.3 Å². The van der Waals surface area contributed by atoms with Crippen molar-refractivity contribution in [2.75, 3.05) is 25.0 Å². The molecule has 1 fully saturated rings. The van der Waals surface area contributed by atoms with Gasteiger partial charge in [0.1, 0.15) is 0 Å². The molecule has 0 aliphatic carbocycles. The minimum absolute atomic E-state index is 0.120. The van der Waals surface area contributed by atoms with E-state index in [0.717, 1.165) is 12.8 Å². The topological polar surface area (TPSA) is 86.9 Å². The molecular formula is C15H19N3O4. The Bertz CT molecular complexity index is 648. The molecule has 2 atom stereocenters. The van der Waals surface area contributed by atoms with Gasteiger partial charge in [0.15, 0.2) is 0 Å². The summed E-state index contributed by atoms with van der Waals surface area (Å²) >= 11 is 0. The van der Waals surface area contributed by atoms with Crippen LogP contribution in [0.1, 0.15) is 25.3 Å². The highest BCUT2D eigenvalue weighted by atomic mass is 16.6. The molecule has 0 aromatic heterocycles. The number of carbonyl (C=O) groups excluding carboxylic acids is 1. The minimum atomic E-state index is -1.80. The largest absolute Gasteiger partial charge is 0.364 e. The van der Waals surface area contributed by atoms with Crippen molar-refractivity contribution in [1.82, 2.24) is 4.90 Å². The molecule has 7 nitrogen and oxygen atoms in total. The number of hydrogen-bond acceptors (Lipinski definition) is 5. The van der Waals surface area contributed by atoms with Gasteiger partial charge < -0.3 is 10.0 Å². The third kappa shape index (κ3) is 2.00. The molecular weight excluding hydrogens is 286 g/mol. The maximum absolute atomic E-state index is 12.6. The summed E-state index contributed by atoms with van der Waals surface area (Å²) in [5.41, 5.74) is -1.09. The van der Waals surface area contributed by atoms with Crippen molar-refractivity contribution < 1.29 is 14.8 Å². The number of rotatable bonds is 2. The third-order valence-corrected chi connectivity index (χ3v) is 4.65. The van der Waals surface area contributed by atoms with E-state index < -0.39 is 16.6 Å². The zero-order valence-corrected chi connectivity index (χ0v) is 12.7. The number of likely N-dealkylation sites (tertiary alicyclic amines) is 1. The number of fused-ring (bicyclic) bond motifs is 1. The van der Waals surface area contributed by atoms with Crippen LogP contribution in [0.4, 0.5) is 11.4 Å². The van der Waals surface area contributed by atoms with Crippen LogP contribution in [-0.2, 0) is 10.5 Å². The van der Waals surface area contributed by atoms with Crippen molar-refractivity contribution in [3.63, 3.8) is 0 Å². The Labute approximate surface area is 128 Å². The third-order valence-electron chi connectivity index (χ3n) is 4.65. The number of benzene rings is 1. The average molecular weight is 305 g/mol.